The first kappa shape index (κ1) is 13.0. The van der Waals surface area contributed by atoms with Gasteiger partial charge in [0.25, 0.3) is 0 Å². The smallest absolute Gasteiger partial charge is 0.115 e. The van der Waals surface area contributed by atoms with Crippen molar-refractivity contribution < 1.29 is 5.11 Å². The van der Waals surface area contributed by atoms with Crippen molar-refractivity contribution in [3.05, 3.63) is 59.2 Å². The number of nitrogens with one attached hydrogen (secondary N) is 1. The fraction of sp³-hybridized carbons (Fsp3) is 0.333. The zero-order valence-electron chi connectivity index (χ0n) is 12.1. The van der Waals surface area contributed by atoms with Gasteiger partial charge in [0.15, 0.2) is 0 Å². The highest BCUT2D eigenvalue weighted by Crippen LogP contribution is 2.39. The van der Waals surface area contributed by atoms with Crippen LogP contribution in [-0.4, -0.2) is 11.1 Å². The van der Waals surface area contributed by atoms with Crippen molar-refractivity contribution in [3.63, 3.8) is 0 Å². The number of hydrogen-bond acceptors (Lipinski definition) is 2. The largest absolute Gasteiger partial charge is 0.508 e. The molecular formula is C18H21NO. The summed E-state index contributed by atoms with van der Waals surface area (Å²) in [5.41, 5.74) is 5.04. The van der Waals surface area contributed by atoms with Gasteiger partial charge in [-0.1, -0.05) is 29.8 Å². The molecule has 2 nitrogen and oxygen atoms in total. The maximum Gasteiger partial charge on any atom is 0.115 e. The van der Waals surface area contributed by atoms with Gasteiger partial charge < -0.3 is 10.4 Å². The number of rotatable bonds is 3. The number of anilines is 1. The molecule has 0 radical (unpaired) electrons. The predicted octanol–water partition coefficient (Wildman–Crippen LogP) is 4.37. The second-order valence-electron chi connectivity index (χ2n) is 5.92. The molecule has 1 aliphatic rings. The summed E-state index contributed by atoms with van der Waals surface area (Å²) in [6, 6.07) is 14.9. The molecule has 2 N–H and O–H groups in total. The summed E-state index contributed by atoms with van der Waals surface area (Å²) in [5, 5.41) is 13.0. The molecule has 0 aliphatic heterocycles. The highest BCUT2D eigenvalue weighted by atomic mass is 16.3. The highest BCUT2D eigenvalue weighted by molar-refractivity contribution is 5.54. The topological polar surface area (TPSA) is 32.3 Å². The second-order valence-corrected chi connectivity index (χ2v) is 5.92. The van der Waals surface area contributed by atoms with Crippen molar-refractivity contribution in [2.45, 2.75) is 38.6 Å². The van der Waals surface area contributed by atoms with E-state index in [1.54, 1.807) is 12.1 Å². The first-order valence-electron chi connectivity index (χ1n) is 7.24. The lowest BCUT2D eigenvalue weighted by molar-refractivity contribution is 0.374. The maximum absolute atomic E-state index is 9.43. The van der Waals surface area contributed by atoms with E-state index in [4.69, 9.17) is 0 Å². The van der Waals surface area contributed by atoms with E-state index in [0.29, 0.717) is 17.7 Å². The van der Waals surface area contributed by atoms with Crippen LogP contribution in [0.1, 0.15) is 35.4 Å². The van der Waals surface area contributed by atoms with Crippen molar-refractivity contribution in [2.75, 3.05) is 5.32 Å². The molecule has 2 heteroatoms. The van der Waals surface area contributed by atoms with Crippen LogP contribution in [-0.2, 0) is 0 Å². The van der Waals surface area contributed by atoms with Gasteiger partial charge >= 0.3 is 0 Å². The highest BCUT2D eigenvalue weighted by Gasteiger charge is 2.30. The first-order valence-corrected chi connectivity index (χ1v) is 7.24. The monoisotopic (exact) mass is 267 g/mol. The Hall–Kier alpha value is -1.96. The Labute approximate surface area is 120 Å². The molecule has 1 fully saturated rings. The van der Waals surface area contributed by atoms with E-state index < -0.39 is 0 Å². The van der Waals surface area contributed by atoms with E-state index in [0.717, 1.165) is 11.3 Å². The van der Waals surface area contributed by atoms with Gasteiger partial charge in [-0.05, 0) is 61.9 Å². The van der Waals surface area contributed by atoms with Crippen LogP contribution in [0, 0.1) is 13.8 Å². The minimum atomic E-state index is 0.333. The van der Waals surface area contributed by atoms with Crippen molar-refractivity contribution in [1.82, 2.24) is 0 Å². The standard InChI is InChI=1S/C18H21NO/c1-12-4-3-5-14(8-12)15-10-16(11-15)19-18-7-6-17(20)9-13(18)2/h3-9,15-16,19-20H,10-11H2,1-2H3. The van der Waals surface area contributed by atoms with Gasteiger partial charge in [-0.15, -0.1) is 0 Å². The van der Waals surface area contributed by atoms with E-state index in [1.807, 2.05) is 13.0 Å². The van der Waals surface area contributed by atoms with Crippen LogP contribution in [0.2, 0.25) is 0 Å². The Kier molecular flexibility index (Phi) is 3.39. The number of phenols is 1. The molecule has 1 saturated carbocycles. The van der Waals surface area contributed by atoms with Crippen LogP contribution in [0.15, 0.2) is 42.5 Å². The molecule has 0 saturated heterocycles. The number of benzene rings is 2. The van der Waals surface area contributed by atoms with Crippen molar-refractivity contribution in [3.8, 4) is 5.75 Å². The summed E-state index contributed by atoms with van der Waals surface area (Å²) < 4.78 is 0. The van der Waals surface area contributed by atoms with E-state index in [9.17, 15) is 5.11 Å². The number of phenolic OH excluding ortho intramolecular Hbond substituents is 1. The molecule has 2 aromatic carbocycles. The molecule has 0 spiro atoms. The third kappa shape index (κ3) is 2.64. The zero-order valence-corrected chi connectivity index (χ0v) is 12.1. The lowest BCUT2D eigenvalue weighted by Gasteiger charge is -2.37. The molecule has 0 heterocycles. The fourth-order valence-corrected chi connectivity index (χ4v) is 2.96. The van der Waals surface area contributed by atoms with Gasteiger partial charge in [0.1, 0.15) is 5.75 Å². The molecule has 1 aliphatic carbocycles. The summed E-state index contributed by atoms with van der Waals surface area (Å²) in [7, 11) is 0. The average molecular weight is 267 g/mol. The SMILES string of the molecule is Cc1cccc(C2CC(Nc3ccc(O)cc3C)C2)c1. The third-order valence-electron chi connectivity index (χ3n) is 4.22. The molecular weight excluding hydrogens is 246 g/mol. The maximum atomic E-state index is 9.43. The normalized spacial score (nSPS) is 21.3. The fourth-order valence-electron chi connectivity index (χ4n) is 2.96. The Morgan fingerprint density at radius 1 is 1.05 bits per heavy atom. The van der Waals surface area contributed by atoms with Crippen molar-refractivity contribution in [2.24, 2.45) is 0 Å². The van der Waals surface area contributed by atoms with Crippen LogP contribution in [0.3, 0.4) is 0 Å². The molecule has 0 aromatic heterocycles. The van der Waals surface area contributed by atoms with Gasteiger partial charge in [-0.25, -0.2) is 0 Å². The third-order valence-corrected chi connectivity index (χ3v) is 4.22. The summed E-state index contributed by atoms with van der Waals surface area (Å²) in [6.07, 6.45) is 2.37. The van der Waals surface area contributed by atoms with Crippen molar-refractivity contribution in [1.29, 1.82) is 0 Å². The van der Waals surface area contributed by atoms with Gasteiger partial charge in [0, 0.05) is 11.7 Å². The molecule has 20 heavy (non-hydrogen) atoms. The van der Waals surface area contributed by atoms with Gasteiger partial charge in [0.2, 0.25) is 0 Å². The lowest BCUT2D eigenvalue weighted by Crippen LogP contribution is -2.34. The second kappa shape index (κ2) is 5.20. The Balaban J connectivity index is 1.61. The Morgan fingerprint density at radius 3 is 2.55 bits per heavy atom. The van der Waals surface area contributed by atoms with Crippen LogP contribution in [0.4, 0.5) is 5.69 Å². The van der Waals surface area contributed by atoms with E-state index in [2.05, 4.69) is 36.5 Å². The van der Waals surface area contributed by atoms with Crippen molar-refractivity contribution >= 4 is 5.69 Å². The molecule has 0 unspecified atom stereocenters. The van der Waals surface area contributed by atoms with E-state index in [1.165, 1.54) is 24.0 Å². The molecule has 0 bridgehead atoms. The molecule has 0 amide bonds. The first-order chi connectivity index (χ1) is 9.61. The molecule has 3 rings (SSSR count). The summed E-state index contributed by atoms with van der Waals surface area (Å²) in [5.74, 6) is 1.02. The zero-order chi connectivity index (χ0) is 14.1. The average Bonchev–Trinajstić information content (AvgIpc) is 2.35. The van der Waals surface area contributed by atoms with Gasteiger partial charge in [0.05, 0.1) is 0 Å². The van der Waals surface area contributed by atoms with Crippen LogP contribution in [0.5, 0.6) is 5.75 Å². The van der Waals surface area contributed by atoms with Crippen LogP contribution in [0.25, 0.3) is 0 Å². The minimum absolute atomic E-state index is 0.333. The van der Waals surface area contributed by atoms with E-state index in [-0.39, 0.29) is 0 Å². The van der Waals surface area contributed by atoms with Crippen LogP contribution >= 0.6 is 0 Å². The van der Waals surface area contributed by atoms with E-state index >= 15 is 0 Å². The molecule has 104 valence electrons. The van der Waals surface area contributed by atoms with Gasteiger partial charge in [-0.3, -0.25) is 0 Å². The minimum Gasteiger partial charge on any atom is -0.508 e. The Morgan fingerprint density at radius 2 is 1.85 bits per heavy atom. The molecule has 2 aromatic rings. The summed E-state index contributed by atoms with van der Waals surface area (Å²) in [4.78, 5) is 0. The molecule has 0 atom stereocenters. The lowest BCUT2D eigenvalue weighted by atomic mass is 9.75. The summed E-state index contributed by atoms with van der Waals surface area (Å²) in [6.45, 7) is 4.18. The van der Waals surface area contributed by atoms with Crippen LogP contribution < -0.4 is 5.32 Å². The number of hydrogen-bond donors (Lipinski definition) is 2. The number of aryl methyl sites for hydroxylation is 2. The predicted molar refractivity (Wildman–Crippen MR) is 83.4 cm³/mol. The van der Waals surface area contributed by atoms with Gasteiger partial charge in [-0.2, -0.15) is 0 Å². The number of aromatic hydroxyl groups is 1. The Bertz CT molecular complexity index is 615. The summed E-state index contributed by atoms with van der Waals surface area (Å²) >= 11 is 0. The quantitative estimate of drug-likeness (QED) is 0.809.